The van der Waals surface area contributed by atoms with Crippen molar-refractivity contribution in [3.05, 3.63) is 42.0 Å². The van der Waals surface area contributed by atoms with Gasteiger partial charge in [0.25, 0.3) is 0 Å². The molecule has 0 aliphatic heterocycles. The summed E-state index contributed by atoms with van der Waals surface area (Å²) < 4.78 is 10.4. The topological polar surface area (TPSA) is 47.1 Å². The van der Waals surface area contributed by atoms with Gasteiger partial charge in [-0.3, -0.25) is 0 Å². The second-order valence-corrected chi connectivity index (χ2v) is 4.38. The largest absolute Gasteiger partial charge is 0.497 e. The van der Waals surface area contributed by atoms with Crippen LogP contribution < -0.4 is 9.47 Å². The third-order valence-corrected chi connectivity index (χ3v) is 3.07. The first-order chi connectivity index (χ1) is 8.72. The van der Waals surface area contributed by atoms with Gasteiger partial charge in [0, 0.05) is 24.9 Å². The highest BCUT2D eigenvalue weighted by molar-refractivity contribution is 6.20. The number of methoxy groups -OCH3 is 2. The van der Waals surface area contributed by atoms with Crippen LogP contribution in [0.25, 0.3) is 0 Å². The maximum absolute atomic E-state index is 6.38. The number of hydrogen-bond acceptors (Lipinski definition) is 3. The van der Waals surface area contributed by atoms with Crippen molar-refractivity contribution in [1.82, 2.24) is 9.97 Å². The van der Waals surface area contributed by atoms with E-state index in [2.05, 4.69) is 9.97 Å². The molecule has 1 unspecified atom stereocenters. The lowest BCUT2D eigenvalue weighted by molar-refractivity contribution is 0.393. The Bertz CT molecular complexity index is 477. The van der Waals surface area contributed by atoms with E-state index in [4.69, 9.17) is 21.1 Å². The molecule has 96 valence electrons. The van der Waals surface area contributed by atoms with Crippen LogP contribution >= 0.6 is 11.6 Å². The molecule has 1 atom stereocenters. The quantitative estimate of drug-likeness (QED) is 0.847. The molecule has 1 aromatic carbocycles. The average Bonchev–Trinajstić information content (AvgIpc) is 2.90. The molecule has 0 saturated carbocycles. The van der Waals surface area contributed by atoms with E-state index in [0.29, 0.717) is 6.42 Å². The van der Waals surface area contributed by atoms with E-state index in [0.717, 1.165) is 22.9 Å². The molecule has 4 nitrogen and oxygen atoms in total. The number of alkyl halides is 1. The molecule has 0 amide bonds. The zero-order valence-corrected chi connectivity index (χ0v) is 11.1. The maximum atomic E-state index is 6.38. The van der Waals surface area contributed by atoms with Crippen LogP contribution in [0.5, 0.6) is 11.5 Å². The standard InChI is InChI=1S/C13H15ClN2O2/c1-17-10-5-9(6-11(7-10)18-2)12(14)8-13-15-3-4-16-13/h3-7,12H,8H2,1-2H3,(H,15,16). The van der Waals surface area contributed by atoms with Gasteiger partial charge in [0.2, 0.25) is 0 Å². The number of hydrogen-bond donors (Lipinski definition) is 1. The molecule has 1 N–H and O–H groups in total. The third-order valence-electron chi connectivity index (χ3n) is 2.66. The summed E-state index contributed by atoms with van der Waals surface area (Å²) in [6, 6.07) is 5.63. The molecule has 0 fully saturated rings. The van der Waals surface area contributed by atoms with Crippen molar-refractivity contribution in [3.63, 3.8) is 0 Å². The number of halogens is 1. The van der Waals surface area contributed by atoms with Crippen LogP contribution in [0.3, 0.4) is 0 Å². The Morgan fingerprint density at radius 2 is 1.89 bits per heavy atom. The first-order valence-corrected chi connectivity index (χ1v) is 6.02. The van der Waals surface area contributed by atoms with Crippen molar-refractivity contribution in [2.45, 2.75) is 11.8 Å². The SMILES string of the molecule is COc1cc(OC)cc(C(Cl)Cc2ncc[nH]2)c1. The van der Waals surface area contributed by atoms with E-state index in [-0.39, 0.29) is 5.38 Å². The van der Waals surface area contributed by atoms with Gasteiger partial charge < -0.3 is 14.5 Å². The summed E-state index contributed by atoms with van der Waals surface area (Å²) in [4.78, 5) is 7.20. The number of rotatable bonds is 5. The Labute approximate surface area is 111 Å². The van der Waals surface area contributed by atoms with Crippen molar-refractivity contribution in [3.8, 4) is 11.5 Å². The fourth-order valence-electron chi connectivity index (χ4n) is 1.71. The molecule has 18 heavy (non-hydrogen) atoms. The summed E-state index contributed by atoms with van der Waals surface area (Å²) in [5, 5.41) is -0.180. The second kappa shape index (κ2) is 5.78. The molecule has 0 aliphatic rings. The highest BCUT2D eigenvalue weighted by Crippen LogP contribution is 2.31. The molecule has 0 aliphatic carbocycles. The van der Waals surface area contributed by atoms with E-state index in [1.165, 1.54) is 0 Å². The number of benzene rings is 1. The first-order valence-electron chi connectivity index (χ1n) is 5.58. The Morgan fingerprint density at radius 3 is 2.39 bits per heavy atom. The van der Waals surface area contributed by atoms with Gasteiger partial charge in [0.15, 0.2) is 0 Å². The van der Waals surface area contributed by atoms with E-state index in [9.17, 15) is 0 Å². The van der Waals surface area contributed by atoms with Gasteiger partial charge in [-0.15, -0.1) is 11.6 Å². The lowest BCUT2D eigenvalue weighted by Crippen LogP contribution is -1.99. The molecular formula is C13H15ClN2O2. The van der Waals surface area contributed by atoms with Gasteiger partial charge in [-0.05, 0) is 17.7 Å². The minimum absolute atomic E-state index is 0.180. The Hall–Kier alpha value is -1.68. The van der Waals surface area contributed by atoms with Gasteiger partial charge in [-0.2, -0.15) is 0 Å². The molecular weight excluding hydrogens is 252 g/mol. The van der Waals surface area contributed by atoms with E-state index >= 15 is 0 Å². The van der Waals surface area contributed by atoms with Crippen molar-refractivity contribution in [1.29, 1.82) is 0 Å². The Kier molecular flexibility index (Phi) is 4.10. The molecule has 0 saturated heterocycles. The number of aromatic amines is 1. The Morgan fingerprint density at radius 1 is 1.22 bits per heavy atom. The summed E-state index contributed by atoms with van der Waals surface area (Å²) in [5.74, 6) is 2.32. The molecule has 2 aromatic rings. The van der Waals surface area contributed by atoms with Crippen LogP contribution in [-0.4, -0.2) is 24.2 Å². The summed E-state index contributed by atoms with van der Waals surface area (Å²) in [5.41, 5.74) is 0.948. The molecule has 0 spiro atoms. The molecule has 0 bridgehead atoms. The van der Waals surface area contributed by atoms with Crippen molar-refractivity contribution >= 4 is 11.6 Å². The minimum Gasteiger partial charge on any atom is -0.497 e. The summed E-state index contributed by atoms with van der Waals surface area (Å²) in [6.07, 6.45) is 4.13. The number of ether oxygens (including phenoxy) is 2. The van der Waals surface area contributed by atoms with Gasteiger partial charge in [-0.25, -0.2) is 4.98 Å². The molecule has 2 rings (SSSR count). The fraction of sp³-hybridized carbons (Fsp3) is 0.308. The first kappa shape index (κ1) is 12.8. The predicted molar refractivity (Wildman–Crippen MR) is 70.4 cm³/mol. The number of aromatic nitrogens is 2. The Balaban J connectivity index is 2.20. The highest BCUT2D eigenvalue weighted by Gasteiger charge is 2.13. The second-order valence-electron chi connectivity index (χ2n) is 3.85. The van der Waals surface area contributed by atoms with Crippen molar-refractivity contribution in [2.75, 3.05) is 14.2 Å². The molecule has 5 heteroatoms. The fourth-order valence-corrected chi connectivity index (χ4v) is 1.98. The van der Waals surface area contributed by atoms with Crippen LogP contribution in [-0.2, 0) is 6.42 Å². The smallest absolute Gasteiger partial charge is 0.122 e. The van der Waals surface area contributed by atoms with Crippen LogP contribution in [0.1, 0.15) is 16.8 Å². The van der Waals surface area contributed by atoms with E-state index in [1.54, 1.807) is 26.6 Å². The van der Waals surface area contributed by atoms with Crippen LogP contribution in [0.4, 0.5) is 0 Å². The minimum atomic E-state index is -0.180. The van der Waals surface area contributed by atoms with Gasteiger partial charge in [0.05, 0.1) is 19.6 Å². The van der Waals surface area contributed by atoms with Crippen LogP contribution in [0.15, 0.2) is 30.6 Å². The van der Waals surface area contributed by atoms with Gasteiger partial charge >= 0.3 is 0 Å². The van der Waals surface area contributed by atoms with E-state index in [1.807, 2.05) is 18.2 Å². The van der Waals surface area contributed by atoms with Crippen LogP contribution in [0, 0.1) is 0 Å². The monoisotopic (exact) mass is 266 g/mol. The predicted octanol–water partition coefficient (Wildman–Crippen LogP) is 2.95. The van der Waals surface area contributed by atoms with Gasteiger partial charge in [0.1, 0.15) is 17.3 Å². The number of nitrogens with one attached hydrogen (secondary N) is 1. The van der Waals surface area contributed by atoms with Crippen LogP contribution in [0.2, 0.25) is 0 Å². The summed E-state index contributed by atoms with van der Waals surface area (Å²) >= 11 is 6.38. The summed E-state index contributed by atoms with van der Waals surface area (Å²) in [7, 11) is 3.24. The van der Waals surface area contributed by atoms with Gasteiger partial charge in [-0.1, -0.05) is 0 Å². The number of H-pyrrole nitrogens is 1. The average molecular weight is 267 g/mol. The van der Waals surface area contributed by atoms with E-state index < -0.39 is 0 Å². The molecule has 0 radical (unpaired) electrons. The lowest BCUT2D eigenvalue weighted by Gasteiger charge is -2.12. The van der Waals surface area contributed by atoms with Crippen molar-refractivity contribution in [2.24, 2.45) is 0 Å². The van der Waals surface area contributed by atoms with Crippen molar-refractivity contribution < 1.29 is 9.47 Å². The maximum Gasteiger partial charge on any atom is 0.122 e. The zero-order chi connectivity index (χ0) is 13.0. The number of imidazole rings is 1. The zero-order valence-electron chi connectivity index (χ0n) is 10.3. The third kappa shape index (κ3) is 2.96. The number of nitrogens with zero attached hydrogens (tertiary/aromatic N) is 1. The normalized spacial score (nSPS) is 12.2. The lowest BCUT2D eigenvalue weighted by atomic mass is 10.1. The molecule has 1 heterocycles. The summed E-state index contributed by atoms with van der Waals surface area (Å²) in [6.45, 7) is 0. The highest BCUT2D eigenvalue weighted by atomic mass is 35.5. The molecule has 1 aromatic heterocycles.